The molecular formula is C22H32N3O4PS. The largest absolute Gasteiger partial charge is 0.466 e. The molecule has 9 heteroatoms. The molecule has 2 aromatic carbocycles. The molecular weight excluding hydrogens is 433 g/mol. The van der Waals surface area contributed by atoms with Crippen molar-refractivity contribution >= 4 is 30.6 Å². The zero-order chi connectivity index (χ0) is 23.0. The SMILES string of the molecule is CC(C)N(CCSc1nc2cc(Cc3ccccc3)ccc2[nH]1)C(C)C.O=P(O)(O)O. The van der Waals surface area contributed by atoms with E-state index in [0.29, 0.717) is 12.1 Å². The number of hydrogen-bond donors (Lipinski definition) is 4. The number of aromatic amines is 1. The number of imidazole rings is 1. The third-order valence-electron chi connectivity index (χ3n) is 4.69. The molecule has 31 heavy (non-hydrogen) atoms. The van der Waals surface area contributed by atoms with Gasteiger partial charge < -0.3 is 19.7 Å². The Labute approximate surface area is 188 Å². The van der Waals surface area contributed by atoms with Crippen molar-refractivity contribution in [1.29, 1.82) is 0 Å². The number of thioether (sulfide) groups is 1. The lowest BCUT2D eigenvalue weighted by Gasteiger charge is -2.30. The molecule has 0 aliphatic carbocycles. The molecule has 0 amide bonds. The molecule has 0 bridgehead atoms. The van der Waals surface area contributed by atoms with Gasteiger partial charge in [-0.25, -0.2) is 9.55 Å². The van der Waals surface area contributed by atoms with Crippen LogP contribution in [0, 0.1) is 0 Å². The Kier molecular flexibility index (Phi) is 9.75. The van der Waals surface area contributed by atoms with Gasteiger partial charge >= 0.3 is 7.82 Å². The van der Waals surface area contributed by atoms with Gasteiger partial charge in [-0.3, -0.25) is 4.90 Å². The number of rotatable bonds is 8. The first kappa shape index (κ1) is 25.6. The average molecular weight is 466 g/mol. The van der Waals surface area contributed by atoms with Crippen LogP contribution in [0.15, 0.2) is 53.7 Å². The van der Waals surface area contributed by atoms with Gasteiger partial charge in [0.15, 0.2) is 5.16 Å². The van der Waals surface area contributed by atoms with Gasteiger partial charge in [0.2, 0.25) is 0 Å². The Morgan fingerprint density at radius 2 is 1.61 bits per heavy atom. The number of phosphoric acid groups is 1. The van der Waals surface area contributed by atoms with Gasteiger partial charge in [-0.2, -0.15) is 0 Å². The first-order valence-electron chi connectivity index (χ1n) is 10.2. The molecule has 4 N–H and O–H groups in total. The highest BCUT2D eigenvalue weighted by atomic mass is 32.2. The second-order valence-electron chi connectivity index (χ2n) is 7.84. The molecule has 0 spiro atoms. The number of hydrogen-bond acceptors (Lipinski definition) is 4. The van der Waals surface area contributed by atoms with Crippen molar-refractivity contribution in [1.82, 2.24) is 14.9 Å². The van der Waals surface area contributed by atoms with E-state index in [2.05, 4.69) is 86.1 Å². The fourth-order valence-electron chi connectivity index (χ4n) is 3.40. The second-order valence-corrected chi connectivity index (χ2v) is 9.95. The zero-order valence-corrected chi connectivity index (χ0v) is 20.1. The Morgan fingerprint density at radius 1 is 1.00 bits per heavy atom. The summed E-state index contributed by atoms with van der Waals surface area (Å²) in [5.74, 6) is 1.05. The monoisotopic (exact) mass is 465 g/mol. The third kappa shape index (κ3) is 9.56. The van der Waals surface area contributed by atoms with Gasteiger partial charge in [0.25, 0.3) is 0 Å². The highest BCUT2D eigenvalue weighted by molar-refractivity contribution is 7.99. The van der Waals surface area contributed by atoms with Gasteiger partial charge in [0.1, 0.15) is 0 Å². The van der Waals surface area contributed by atoms with Crippen LogP contribution in [0.1, 0.15) is 38.8 Å². The Morgan fingerprint density at radius 3 is 2.19 bits per heavy atom. The lowest BCUT2D eigenvalue weighted by atomic mass is 10.0. The number of benzene rings is 2. The number of fused-ring (bicyclic) bond motifs is 1. The van der Waals surface area contributed by atoms with E-state index in [4.69, 9.17) is 24.2 Å². The van der Waals surface area contributed by atoms with Gasteiger partial charge in [0, 0.05) is 24.4 Å². The number of nitrogens with zero attached hydrogens (tertiary/aromatic N) is 2. The molecule has 1 heterocycles. The minimum atomic E-state index is -4.64. The molecule has 3 rings (SSSR count). The number of nitrogens with one attached hydrogen (secondary N) is 1. The predicted octanol–water partition coefficient (Wildman–Crippen LogP) is 4.44. The Bertz CT molecular complexity index is 973. The summed E-state index contributed by atoms with van der Waals surface area (Å²) in [4.78, 5) is 32.3. The molecule has 0 radical (unpaired) electrons. The normalized spacial score (nSPS) is 11.9. The summed E-state index contributed by atoms with van der Waals surface area (Å²) in [5.41, 5.74) is 4.82. The van der Waals surface area contributed by atoms with E-state index < -0.39 is 7.82 Å². The molecule has 0 saturated carbocycles. The molecule has 0 unspecified atom stereocenters. The van der Waals surface area contributed by atoms with Gasteiger partial charge in [-0.1, -0.05) is 48.2 Å². The van der Waals surface area contributed by atoms with Gasteiger partial charge in [-0.15, -0.1) is 0 Å². The molecule has 0 atom stereocenters. The first-order valence-corrected chi connectivity index (χ1v) is 12.8. The summed E-state index contributed by atoms with van der Waals surface area (Å²) in [6.45, 7) is 10.1. The van der Waals surface area contributed by atoms with Crippen molar-refractivity contribution in [3.8, 4) is 0 Å². The quantitative estimate of drug-likeness (QED) is 0.288. The van der Waals surface area contributed by atoms with E-state index in [-0.39, 0.29) is 0 Å². The minimum Gasteiger partial charge on any atom is -0.333 e. The summed E-state index contributed by atoms with van der Waals surface area (Å²) in [7, 11) is -4.64. The Hall–Kier alpha value is -1.67. The van der Waals surface area contributed by atoms with Crippen LogP contribution in [0.3, 0.4) is 0 Å². The van der Waals surface area contributed by atoms with Crippen LogP contribution in [0.5, 0.6) is 0 Å². The van der Waals surface area contributed by atoms with Crippen molar-refractivity contribution in [3.63, 3.8) is 0 Å². The summed E-state index contributed by atoms with van der Waals surface area (Å²) >= 11 is 1.81. The van der Waals surface area contributed by atoms with Crippen LogP contribution in [0.2, 0.25) is 0 Å². The third-order valence-corrected chi connectivity index (χ3v) is 5.55. The fourth-order valence-corrected chi connectivity index (χ4v) is 4.24. The molecule has 1 aromatic heterocycles. The highest BCUT2D eigenvalue weighted by Gasteiger charge is 2.13. The van der Waals surface area contributed by atoms with E-state index in [1.54, 1.807) is 0 Å². The van der Waals surface area contributed by atoms with Crippen molar-refractivity contribution in [2.75, 3.05) is 12.3 Å². The fraction of sp³-hybridized carbons (Fsp3) is 0.409. The molecule has 0 aliphatic heterocycles. The maximum absolute atomic E-state index is 8.88. The van der Waals surface area contributed by atoms with Crippen LogP contribution in [-0.4, -0.2) is 53.9 Å². The van der Waals surface area contributed by atoms with Crippen LogP contribution >= 0.6 is 19.6 Å². The molecule has 7 nitrogen and oxygen atoms in total. The minimum absolute atomic E-state index is 0.576. The van der Waals surface area contributed by atoms with E-state index >= 15 is 0 Å². The van der Waals surface area contributed by atoms with Crippen LogP contribution in [0.4, 0.5) is 0 Å². The molecule has 170 valence electrons. The summed E-state index contributed by atoms with van der Waals surface area (Å²) in [5, 5.41) is 1.02. The summed E-state index contributed by atoms with van der Waals surface area (Å²) in [6, 6.07) is 18.3. The topological polar surface area (TPSA) is 110 Å². The maximum Gasteiger partial charge on any atom is 0.466 e. The van der Waals surface area contributed by atoms with Crippen LogP contribution in [0.25, 0.3) is 11.0 Å². The number of H-pyrrole nitrogens is 1. The summed E-state index contributed by atoms with van der Waals surface area (Å²) < 4.78 is 8.88. The number of aromatic nitrogens is 2. The smallest absolute Gasteiger partial charge is 0.333 e. The van der Waals surface area contributed by atoms with E-state index in [1.807, 2.05) is 11.8 Å². The van der Waals surface area contributed by atoms with Crippen molar-refractivity contribution in [2.45, 2.75) is 51.4 Å². The lowest BCUT2D eigenvalue weighted by Crippen LogP contribution is -2.38. The van der Waals surface area contributed by atoms with Gasteiger partial charge in [-0.05, 0) is 57.4 Å². The molecule has 3 aromatic rings. The second kappa shape index (κ2) is 11.8. The van der Waals surface area contributed by atoms with Crippen LogP contribution in [-0.2, 0) is 11.0 Å². The first-order chi connectivity index (χ1) is 14.5. The zero-order valence-electron chi connectivity index (χ0n) is 18.4. The maximum atomic E-state index is 8.88. The van der Waals surface area contributed by atoms with E-state index in [1.165, 1.54) is 11.1 Å². The highest BCUT2D eigenvalue weighted by Crippen LogP contribution is 2.26. The average Bonchev–Trinajstić information content (AvgIpc) is 3.06. The lowest BCUT2D eigenvalue weighted by molar-refractivity contribution is 0.187. The molecule has 0 saturated heterocycles. The molecule has 0 aliphatic rings. The van der Waals surface area contributed by atoms with Crippen molar-refractivity contribution in [2.24, 2.45) is 0 Å². The summed E-state index contributed by atoms with van der Waals surface area (Å²) in [6.07, 6.45) is 0.948. The van der Waals surface area contributed by atoms with Crippen molar-refractivity contribution in [3.05, 3.63) is 59.7 Å². The Balaban J connectivity index is 0.000000614. The van der Waals surface area contributed by atoms with E-state index in [9.17, 15) is 0 Å². The molecule has 0 fully saturated rings. The predicted molar refractivity (Wildman–Crippen MR) is 127 cm³/mol. The standard InChI is InChI=1S/C22H29N3S.H3O4P/c1-16(2)25(17(3)4)12-13-26-22-23-20-11-10-19(15-21(20)24-22)14-18-8-6-5-7-9-18;1-5(2,3)4/h5-11,15-17H,12-14H2,1-4H3,(H,23,24);(H3,1,2,3,4). The van der Waals surface area contributed by atoms with Crippen molar-refractivity contribution < 1.29 is 19.2 Å². The van der Waals surface area contributed by atoms with E-state index in [0.717, 1.165) is 34.9 Å². The van der Waals surface area contributed by atoms with Gasteiger partial charge in [0.05, 0.1) is 11.0 Å². The van der Waals surface area contributed by atoms with Crippen LogP contribution < -0.4 is 0 Å².